The van der Waals surface area contributed by atoms with E-state index in [1.807, 2.05) is 17.4 Å². The Morgan fingerprint density at radius 2 is 2.07 bits per heavy atom. The van der Waals surface area contributed by atoms with Crippen molar-refractivity contribution in [2.45, 2.75) is 39.0 Å². The summed E-state index contributed by atoms with van der Waals surface area (Å²) in [4.78, 5) is 14.1. The van der Waals surface area contributed by atoms with E-state index in [9.17, 15) is 4.79 Å². The lowest BCUT2D eigenvalue weighted by Crippen LogP contribution is -2.03. The van der Waals surface area contributed by atoms with Crippen LogP contribution in [0, 0.1) is 0 Å². The summed E-state index contributed by atoms with van der Waals surface area (Å²) in [7, 11) is 0. The number of hydrogen-bond donors (Lipinski definition) is 0. The van der Waals surface area contributed by atoms with Gasteiger partial charge in [-0.25, -0.2) is 0 Å². The van der Waals surface area contributed by atoms with Crippen LogP contribution in [0.4, 0.5) is 0 Å². The quantitative estimate of drug-likeness (QED) is 0.761. The van der Waals surface area contributed by atoms with Crippen molar-refractivity contribution in [1.82, 2.24) is 0 Å². The molecule has 2 rings (SSSR count). The molecule has 0 saturated heterocycles. The molecule has 0 atom stereocenters. The van der Waals surface area contributed by atoms with Crippen LogP contribution in [0.1, 0.15) is 35.9 Å². The minimum Gasteiger partial charge on any atom is -0.295 e. The average Bonchev–Trinajstić information content (AvgIpc) is 2.65. The molecule has 1 nitrogen and oxygen atoms in total. The third kappa shape index (κ3) is 2.78. The second kappa shape index (κ2) is 4.75. The van der Waals surface area contributed by atoms with E-state index in [2.05, 4.69) is 19.1 Å². The highest BCUT2D eigenvalue weighted by Crippen LogP contribution is 2.24. The summed E-state index contributed by atoms with van der Waals surface area (Å²) in [6, 6.07) is 4.40. The van der Waals surface area contributed by atoms with E-state index in [1.165, 1.54) is 15.3 Å². The van der Waals surface area contributed by atoms with Gasteiger partial charge >= 0.3 is 0 Å². The Balaban J connectivity index is 2.04. The van der Waals surface area contributed by atoms with Gasteiger partial charge in [0, 0.05) is 22.6 Å². The lowest BCUT2D eigenvalue weighted by Gasteiger charge is -2.10. The molecule has 2 heteroatoms. The Bertz CT molecular complexity index is 387. The molecule has 0 spiro atoms. The van der Waals surface area contributed by atoms with Crippen molar-refractivity contribution in [1.29, 1.82) is 0 Å². The molecule has 1 heterocycles. The zero-order valence-corrected chi connectivity index (χ0v) is 9.90. The van der Waals surface area contributed by atoms with Crippen LogP contribution in [0.15, 0.2) is 23.8 Å². The third-order valence-electron chi connectivity index (χ3n) is 2.75. The van der Waals surface area contributed by atoms with E-state index in [-0.39, 0.29) is 0 Å². The molecule has 1 aliphatic carbocycles. The van der Waals surface area contributed by atoms with Crippen molar-refractivity contribution < 1.29 is 4.79 Å². The van der Waals surface area contributed by atoms with E-state index in [4.69, 9.17) is 0 Å². The molecule has 0 N–H and O–H groups in total. The predicted octanol–water partition coefficient (Wildman–Crippen LogP) is 3.53. The number of rotatable bonds is 3. The summed E-state index contributed by atoms with van der Waals surface area (Å²) < 4.78 is 0. The van der Waals surface area contributed by atoms with Crippen LogP contribution >= 0.6 is 11.3 Å². The summed E-state index contributed by atoms with van der Waals surface area (Å²) in [6.45, 7) is 2.18. The minimum atomic E-state index is 0.309. The molecule has 0 aromatic carbocycles. The molecule has 0 radical (unpaired) electrons. The van der Waals surface area contributed by atoms with Crippen LogP contribution in [0.5, 0.6) is 0 Å². The molecule has 1 aromatic heterocycles. The standard InChI is InChI=1S/C13H16OS/c1-2-12-6-7-13(15-12)9-10-4-3-5-11(14)8-10/h6-8H,2-5,9H2,1H3. The van der Waals surface area contributed by atoms with Crippen molar-refractivity contribution in [3.05, 3.63) is 33.5 Å². The van der Waals surface area contributed by atoms with Crippen LogP contribution in [0.2, 0.25) is 0 Å². The van der Waals surface area contributed by atoms with Gasteiger partial charge in [-0.1, -0.05) is 12.5 Å². The highest BCUT2D eigenvalue weighted by Gasteiger charge is 2.10. The second-order valence-electron chi connectivity index (χ2n) is 4.02. The zero-order valence-electron chi connectivity index (χ0n) is 9.08. The first kappa shape index (κ1) is 10.6. The molecule has 0 aliphatic heterocycles. The third-order valence-corrected chi connectivity index (χ3v) is 3.98. The molecule has 0 bridgehead atoms. The number of aryl methyl sites for hydroxylation is 1. The number of carbonyl (C=O) groups is 1. The Kier molecular flexibility index (Phi) is 3.37. The highest BCUT2D eigenvalue weighted by atomic mass is 32.1. The van der Waals surface area contributed by atoms with Gasteiger partial charge in [0.2, 0.25) is 0 Å². The molecular formula is C13H16OS. The van der Waals surface area contributed by atoms with Gasteiger partial charge in [-0.3, -0.25) is 4.79 Å². The van der Waals surface area contributed by atoms with Gasteiger partial charge in [-0.05, 0) is 37.5 Å². The van der Waals surface area contributed by atoms with Crippen LogP contribution < -0.4 is 0 Å². The van der Waals surface area contributed by atoms with Crippen molar-refractivity contribution in [2.75, 3.05) is 0 Å². The van der Waals surface area contributed by atoms with Crippen molar-refractivity contribution in [3.63, 3.8) is 0 Å². The van der Waals surface area contributed by atoms with Crippen LogP contribution in [-0.4, -0.2) is 5.78 Å². The van der Waals surface area contributed by atoms with Gasteiger partial charge in [0.25, 0.3) is 0 Å². The van der Waals surface area contributed by atoms with E-state index in [0.717, 1.165) is 32.1 Å². The van der Waals surface area contributed by atoms with E-state index >= 15 is 0 Å². The average molecular weight is 220 g/mol. The topological polar surface area (TPSA) is 17.1 Å². The van der Waals surface area contributed by atoms with Crippen LogP contribution in [0.25, 0.3) is 0 Å². The normalized spacial score (nSPS) is 16.6. The molecule has 1 aromatic rings. The lowest BCUT2D eigenvalue weighted by molar-refractivity contribution is -0.115. The number of allylic oxidation sites excluding steroid dienone is 2. The maximum atomic E-state index is 11.3. The molecule has 0 fully saturated rings. The van der Waals surface area contributed by atoms with Gasteiger partial charge in [0.1, 0.15) is 0 Å². The largest absolute Gasteiger partial charge is 0.295 e. The second-order valence-corrected chi connectivity index (χ2v) is 5.27. The Hall–Kier alpha value is -0.890. The molecule has 0 amide bonds. The first-order chi connectivity index (χ1) is 7.28. The van der Waals surface area contributed by atoms with Crippen molar-refractivity contribution in [2.24, 2.45) is 0 Å². The molecular weight excluding hydrogens is 204 g/mol. The van der Waals surface area contributed by atoms with Crippen molar-refractivity contribution in [3.8, 4) is 0 Å². The SMILES string of the molecule is CCc1ccc(CC2=CC(=O)CCC2)s1. The zero-order chi connectivity index (χ0) is 10.7. The minimum absolute atomic E-state index is 0.309. The highest BCUT2D eigenvalue weighted by molar-refractivity contribution is 7.12. The summed E-state index contributed by atoms with van der Waals surface area (Å²) >= 11 is 1.88. The Morgan fingerprint density at radius 1 is 1.27 bits per heavy atom. The number of ketones is 1. The van der Waals surface area contributed by atoms with E-state index in [1.54, 1.807) is 0 Å². The first-order valence-corrected chi connectivity index (χ1v) is 6.39. The summed E-state index contributed by atoms with van der Waals surface area (Å²) in [5.41, 5.74) is 1.32. The summed E-state index contributed by atoms with van der Waals surface area (Å²) in [5.74, 6) is 0.309. The maximum absolute atomic E-state index is 11.3. The first-order valence-electron chi connectivity index (χ1n) is 5.58. The summed E-state index contributed by atoms with van der Waals surface area (Å²) in [6.07, 6.45) is 6.84. The fourth-order valence-corrected chi connectivity index (χ4v) is 2.94. The smallest absolute Gasteiger partial charge is 0.155 e. The number of carbonyl (C=O) groups excluding carboxylic acids is 1. The van der Waals surface area contributed by atoms with Crippen molar-refractivity contribution >= 4 is 17.1 Å². The van der Waals surface area contributed by atoms with Crippen LogP contribution in [0.3, 0.4) is 0 Å². The molecule has 15 heavy (non-hydrogen) atoms. The number of hydrogen-bond acceptors (Lipinski definition) is 2. The predicted molar refractivity (Wildman–Crippen MR) is 64.3 cm³/mol. The fraction of sp³-hybridized carbons (Fsp3) is 0.462. The molecule has 0 saturated carbocycles. The van der Waals surface area contributed by atoms with E-state index in [0.29, 0.717) is 5.78 Å². The Labute approximate surface area is 94.8 Å². The van der Waals surface area contributed by atoms with Gasteiger partial charge < -0.3 is 0 Å². The summed E-state index contributed by atoms with van der Waals surface area (Å²) in [5, 5.41) is 0. The lowest BCUT2D eigenvalue weighted by atomic mass is 9.96. The molecule has 0 unspecified atom stereocenters. The number of thiophene rings is 1. The fourth-order valence-electron chi connectivity index (χ4n) is 1.93. The Morgan fingerprint density at radius 3 is 2.73 bits per heavy atom. The monoisotopic (exact) mass is 220 g/mol. The van der Waals surface area contributed by atoms with Gasteiger partial charge in [0.15, 0.2) is 5.78 Å². The van der Waals surface area contributed by atoms with Crippen LogP contribution in [-0.2, 0) is 17.6 Å². The molecule has 1 aliphatic rings. The van der Waals surface area contributed by atoms with Gasteiger partial charge in [0.05, 0.1) is 0 Å². The maximum Gasteiger partial charge on any atom is 0.155 e. The van der Waals surface area contributed by atoms with E-state index < -0.39 is 0 Å². The van der Waals surface area contributed by atoms with Gasteiger partial charge in [-0.2, -0.15) is 0 Å². The van der Waals surface area contributed by atoms with Gasteiger partial charge in [-0.15, -0.1) is 11.3 Å². The molecule has 80 valence electrons.